The van der Waals surface area contributed by atoms with Crippen molar-refractivity contribution in [2.45, 2.75) is 131 Å². The van der Waals surface area contributed by atoms with Gasteiger partial charge in [0, 0.05) is 0 Å². The number of hydrogen-bond acceptors (Lipinski definition) is 4. The molecule has 0 saturated carbocycles. The third kappa shape index (κ3) is 10.5. The molecule has 1 aliphatic rings. The minimum atomic E-state index is -4.50. The highest BCUT2D eigenvalue weighted by atomic mass is 19.4. The van der Waals surface area contributed by atoms with Gasteiger partial charge in [0.25, 0.3) is 0 Å². The SMILES string of the molecule is CCCCCCCCC(CCOCOc1cc(CC(F)(F)F)c(B2OC(C)(C)C(C)(C)O2)cc1F)C(C)(C)C. The topological polar surface area (TPSA) is 36.9 Å². The van der Waals surface area contributed by atoms with Gasteiger partial charge in [-0.05, 0) is 75.0 Å². The van der Waals surface area contributed by atoms with Crippen LogP contribution in [0.2, 0.25) is 0 Å². The molecule has 0 aliphatic carbocycles. The van der Waals surface area contributed by atoms with Gasteiger partial charge in [-0.3, -0.25) is 0 Å². The Hall–Kier alpha value is -1.32. The average molecular weight is 561 g/mol. The normalized spacial score (nSPS) is 18.0. The van der Waals surface area contributed by atoms with Crippen molar-refractivity contribution in [3.63, 3.8) is 0 Å². The van der Waals surface area contributed by atoms with Crippen LogP contribution in [0.15, 0.2) is 12.1 Å². The first kappa shape index (κ1) is 33.9. The predicted molar refractivity (Wildman–Crippen MR) is 149 cm³/mol. The molecule has 9 heteroatoms. The van der Waals surface area contributed by atoms with Crippen LogP contribution < -0.4 is 10.2 Å². The molecule has 0 amide bonds. The van der Waals surface area contributed by atoms with E-state index in [-0.39, 0.29) is 29.0 Å². The molecular weight excluding hydrogens is 511 g/mol. The Bertz CT molecular complexity index is 880. The van der Waals surface area contributed by atoms with Crippen LogP contribution in [0.5, 0.6) is 5.75 Å². The van der Waals surface area contributed by atoms with Crippen LogP contribution in [-0.2, 0) is 20.5 Å². The molecule has 1 unspecified atom stereocenters. The second kappa shape index (κ2) is 14.0. The summed E-state index contributed by atoms with van der Waals surface area (Å²) in [5, 5.41) is 0. The molecule has 2 rings (SSSR count). The Balaban J connectivity index is 1.99. The lowest BCUT2D eigenvalue weighted by Gasteiger charge is -2.32. The van der Waals surface area contributed by atoms with Crippen LogP contribution in [0.25, 0.3) is 0 Å². The maximum Gasteiger partial charge on any atom is 0.495 e. The molecule has 0 bridgehead atoms. The van der Waals surface area contributed by atoms with E-state index in [1.807, 2.05) is 0 Å². The van der Waals surface area contributed by atoms with E-state index < -0.39 is 36.7 Å². The third-order valence-electron chi connectivity index (χ3n) is 8.13. The Morgan fingerprint density at radius 1 is 0.897 bits per heavy atom. The summed E-state index contributed by atoms with van der Waals surface area (Å²) < 4.78 is 78.0. The second-order valence-electron chi connectivity index (χ2n) is 12.9. The molecule has 224 valence electrons. The molecule has 0 spiro atoms. The van der Waals surface area contributed by atoms with Gasteiger partial charge in [-0.1, -0.05) is 66.2 Å². The van der Waals surface area contributed by atoms with Crippen molar-refractivity contribution < 1.29 is 36.3 Å². The maximum atomic E-state index is 15.0. The molecule has 1 aromatic rings. The van der Waals surface area contributed by atoms with E-state index in [4.69, 9.17) is 18.8 Å². The summed E-state index contributed by atoms with van der Waals surface area (Å²) in [6.45, 7) is 16.2. The van der Waals surface area contributed by atoms with Crippen LogP contribution in [0.3, 0.4) is 0 Å². The van der Waals surface area contributed by atoms with E-state index in [0.29, 0.717) is 12.5 Å². The Morgan fingerprint density at radius 2 is 1.49 bits per heavy atom. The summed E-state index contributed by atoms with van der Waals surface area (Å²) in [4.78, 5) is 0. The fourth-order valence-corrected chi connectivity index (χ4v) is 4.85. The smallest absolute Gasteiger partial charge is 0.464 e. The molecule has 0 N–H and O–H groups in total. The zero-order valence-corrected chi connectivity index (χ0v) is 25.2. The number of halogens is 4. The molecule has 1 atom stereocenters. The van der Waals surface area contributed by atoms with Gasteiger partial charge in [0.2, 0.25) is 0 Å². The van der Waals surface area contributed by atoms with Gasteiger partial charge in [0.15, 0.2) is 18.4 Å². The first-order valence-electron chi connectivity index (χ1n) is 14.4. The second-order valence-corrected chi connectivity index (χ2v) is 12.9. The maximum absolute atomic E-state index is 15.0. The summed E-state index contributed by atoms with van der Waals surface area (Å²) >= 11 is 0. The Morgan fingerprint density at radius 3 is 2.05 bits per heavy atom. The first-order valence-corrected chi connectivity index (χ1v) is 14.4. The molecule has 1 heterocycles. The first-order chi connectivity index (χ1) is 18.0. The van der Waals surface area contributed by atoms with E-state index in [1.165, 1.54) is 38.5 Å². The van der Waals surface area contributed by atoms with E-state index in [1.54, 1.807) is 27.7 Å². The van der Waals surface area contributed by atoms with E-state index in [9.17, 15) is 17.6 Å². The molecule has 0 aromatic heterocycles. The highest BCUT2D eigenvalue weighted by Crippen LogP contribution is 2.38. The van der Waals surface area contributed by atoms with Gasteiger partial charge in [-0.15, -0.1) is 0 Å². The van der Waals surface area contributed by atoms with Crippen LogP contribution in [0, 0.1) is 17.2 Å². The van der Waals surface area contributed by atoms with Crippen LogP contribution in [0.1, 0.15) is 112 Å². The summed E-state index contributed by atoms with van der Waals surface area (Å²) in [7, 11) is -1.12. The molecule has 1 aliphatic heterocycles. The number of benzene rings is 1. The number of ether oxygens (including phenoxy) is 2. The molecule has 39 heavy (non-hydrogen) atoms. The van der Waals surface area contributed by atoms with Gasteiger partial charge in [0.05, 0.1) is 24.2 Å². The Labute approximate surface area is 233 Å². The van der Waals surface area contributed by atoms with Crippen molar-refractivity contribution >= 4 is 12.6 Å². The number of alkyl halides is 3. The van der Waals surface area contributed by atoms with Crippen molar-refractivity contribution in [3.05, 3.63) is 23.5 Å². The fourth-order valence-electron chi connectivity index (χ4n) is 4.85. The van der Waals surface area contributed by atoms with Crippen molar-refractivity contribution in [2.75, 3.05) is 13.4 Å². The van der Waals surface area contributed by atoms with Crippen molar-refractivity contribution in [2.24, 2.45) is 11.3 Å². The van der Waals surface area contributed by atoms with Crippen LogP contribution in [-0.4, -0.2) is 37.9 Å². The summed E-state index contributed by atoms with van der Waals surface area (Å²) in [5.41, 5.74) is -1.54. The van der Waals surface area contributed by atoms with Gasteiger partial charge < -0.3 is 18.8 Å². The van der Waals surface area contributed by atoms with E-state index >= 15 is 0 Å². The Kier molecular flexibility index (Phi) is 12.2. The summed E-state index contributed by atoms with van der Waals surface area (Å²) in [6, 6.07) is 2.11. The minimum absolute atomic E-state index is 0.0134. The monoisotopic (exact) mass is 560 g/mol. The quantitative estimate of drug-likeness (QED) is 0.0935. The molecule has 0 radical (unpaired) electrons. The van der Waals surface area contributed by atoms with Crippen molar-refractivity contribution in [3.8, 4) is 5.75 Å². The minimum Gasteiger partial charge on any atom is -0.464 e. The molecule has 1 fully saturated rings. The standard InChI is InChI=1S/C30H49BF4O4/c1-9-10-11-12-13-14-15-23(27(2,3)4)16-17-36-21-37-26-18-22(20-30(33,34)35)24(19-25(26)32)31-38-28(5,6)29(7,8)39-31/h18-19,23H,9-17,20-21H2,1-8H3. The number of unbranched alkanes of at least 4 members (excludes halogenated alkanes) is 5. The summed E-state index contributed by atoms with van der Waals surface area (Å²) in [6.07, 6.45) is 3.71. The number of rotatable bonds is 15. The average Bonchev–Trinajstić information content (AvgIpc) is 3.00. The number of hydrogen-bond donors (Lipinski definition) is 0. The molecule has 4 nitrogen and oxygen atoms in total. The van der Waals surface area contributed by atoms with Crippen molar-refractivity contribution in [1.29, 1.82) is 0 Å². The third-order valence-corrected chi connectivity index (χ3v) is 8.13. The van der Waals surface area contributed by atoms with Gasteiger partial charge in [-0.2, -0.15) is 13.2 Å². The zero-order valence-electron chi connectivity index (χ0n) is 25.2. The lowest BCUT2D eigenvalue weighted by atomic mass is 9.75. The lowest BCUT2D eigenvalue weighted by molar-refractivity contribution is -0.127. The molecule has 1 saturated heterocycles. The van der Waals surface area contributed by atoms with Gasteiger partial charge in [-0.25, -0.2) is 4.39 Å². The lowest BCUT2D eigenvalue weighted by Crippen LogP contribution is -2.41. The summed E-state index contributed by atoms with van der Waals surface area (Å²) in [5.74, 6) is -0.600. The molecule has 1 aromatic carbocycles. The van der Waals surface area contributed by atoms with E-state index in [2.05, 4.69) is 27.7 Å². The largest absolute Gasteiger partial charge is 0.495 e. The predicted octanol–water partition coefficient (Wildman–Crippen LogP) is 8.39. The zero-order chi connectivity index (χ0) is 29.5. The highest BCUT2D eigenvalue weighted by molar-refractivity contribution is 6.62. The fraction of sp³-hybridized carbons (Fsp3) is 0.800. The van der Waals surface area contributed by atoms with Crippen LogP contribution >= 0.6 is 0 Å². The van der Waals surface area contributed by atoms with E-state index in [0.717, 1.165) is 25.0 Å². The van der Waals surface area contributed by atoms with Gasteiger partial charge in [0.1, 0.15) is 0 Å². The van der Waals surface area contributed by atoms with Crippen molar-refractivity contribution in [1.82, 2.24) is 0 Å². The molecular formula is C30H49BF4O4. The van der Waals surface area contributed by atoms with Gasteiger partial charge >= 0.3 is 13.3 Å². The highest BCUT2D eigenvalue weighted by Gasteiger charge is 2.52. The van der Waals surface area contributed by atoms with Crippen LogP contribution in [0.4, 0.5) is 17.6 Å².